The van der Waals surface area contributed by atoms with Crippen LogP contribution in [0.2, 0.25) is 5.02 Å². The zero-order valence-corrected chi connectivity index (χ0v) is 9.34. The van der Waals surface area contributed by atoms with Crippen LogP contribution in [0.5, 0.6) is 0 Å². The smallest absolute Gasteiger partial charge is 0.0818 e. The molecule has 1 heterocycles. The largest absolute Gasteiger partial charge is 0.383 e. The van der Waals surface area contributed by atoms with Crippen LogP contribution in [-0.4, -0.2) is 37.1 Å². The maximum absolute atomic E-state index is 6.01. The van der Waals surface area contributed by atoms with Gasteiger partial charge in [-0.05, 0) is 7.05 Å². The fraction of sp³-hybridized carbons (Fsp3) is 0.667. The molecule has 4 nitrogen and oxygen atoms in total. The lowest BCUT2D eigenvalue weighted by molar-refractivity contribution is 0.182. The van der Waals surface area contributed by atoms with Gasteiger partial charge in [0.2, 0.25) is 0 Å². The highest BCUT2D eigenvalue weighted by atomic mass is 35.5. The first-order valence-electron chi connectivity index (χ1n) is 4.63. The minimum Gasteiger partial charge on any atom is -0.383 e. The van der Waals surface area contributed by atoms with Gasteiger partial charge in [-0.25, -0.2) is 0 Å². The normalized spacial score (nSPS) is 10.8. The third-order valence-corrected chi connectivity index (χ3v) is 2.33. The molecule has 0 bridgehead atoms. The van der Waals surface area contributed by atoms with Gasteiger partial charge in [0.15, 0.2) is 0 Å². The molecule has 0 radical (unpaired) electrons. The van der Waals surface area contributed by atoms with E-state index in [0.717, 1.165) is 30.2 Å². The molecule has 0 spiro atoms. The van der Waals surface area contributed by atoms with E-state index in [4.69, 9.17) is 16.3 Å². The second kappa shape index (κ2) is 6.01. The van der Waals surface area contributed by atoms with Gasteiger partial charge < -0.3 is 10.1 Å². The maximum atomic E-state index is 6.01. The Balaban J connectivity index is 2.62. The number of aromatic nitrogens is 2. The average Bonchev–Trinajstić information content (AvgIpc) is 2.53. The van der Waals surface area contributed by atoms with Crippen molar-refractivity contribution in [2.24, 2.45) is 0 Å². The van der Waals surface area contributed by atoms with E-state index in [1.165, 1.54) is 0 Å². The van der Waals surface area contributed by atoms with Gasteiger partial charge in [-0.15, -0.1) is 0 Å². The molecule has 0 aliphatic rings. The number of nitrogens with zero attached hydrogens (tertiary/aromatic N) is 2. The monoisotopic (exact) mass is 217 g/mol. The van der Waals surface area contributed by atoms with Crippen LogP contribution in [0.4, 0.5) is 0 Å². The summed E-state index contributed by atoms with van der Waals surface area (Å²) in [7, 11) is 3.60. The molecular weight excluding hydrogens is 202 g/mol. The molecule has 80 valence electrons. The summed E-state index contributed by atoms with van der Waals surface area (Å²) < 4.78 is 6.89. The summed E-state index contributed by atoms with van der Waals surface area (Å²) in [6.45, 7) is 2.31. The molecule has 0 amide bonds. The molecule has 1 aromatic heterocycles. The van der Waals surface area contributed by atoms with Crippen LogP contribution >= 0.6 is 11.6 Å². The minimum absolute atomic E-state index is 0.657. The summed E-state index contributed by atoms with van der Waals surface area (Å²) in [4.78, 5) is 0. The number of likely N-dealkylation sites (N-methyl/N-ethyl adjacent to an activating group) is 1. The number of hydrogen-bond acceptors (Lipinski definition) is 3. The zero-order chi connectivity index (χ0) is 10.4. The van der Waals surface area contributed by atoms with Crippen molar-refractivity contribution in [1.29, 1.82) is 0 Å². The lowest BCUT2D eigenvalue weighted by Gasteiger charge is -2.06. The van der Waals surface area contributed by atoms with E-state index < -0.39 is 0 Å². The maximum Gasteiger partial charge on any atom is 0.0818 e. The first kappa shape index (κ1) is 11.5. The Morgan fingerprint density at radius 2 is 2.43 bits per heavy atom. The number of rotatable bonds is 6. The van der Waals surface area contributed by atoms with Gasteiger partial charge in [0.05, 0.1) is 30.1 Å². The van der Waals surface area contributed by atoms with Crippen LogP contribution in [0.3, 0.4) is 0 Å². The lowest BCUT2D eigenvalue weighted by Crippen LogP contribution is -2.15. The van der Waals surface area contributed by atoms with Crippen LogP contribution in [0, 0.1) is 0 Å². The van der Waals surface area contributed by atoms with E-state index in [9.17, 15) is 0 Å². The van der Waals surface area contributed by atoms with Crippen molar-refractivity contribution in [3.05, 3.63) is 16.9 Å². The van der Waals surface area contributed by atoms with Gasteiger partial charge >= 0.3 is 0 Å². The van der Waals surface area contributed by atoms with Crippen molar-refractivity contribution in [3.8, 4) is 0 Å². The second-order valence-electron chi connectivity index (χ2n) is 3.01. The van der Waals surface area contributed by atoms with Crippen molar-refractivity contribution in [2.45, 2.75) is 13.0 Å². The van der Waals surface area contributed by atoms with Crippen LogP contribution in [-0.2, 0) is 17.7 Å². The third-order valence-electron chi connectivity index (χ3n) is 2.02. The summed E-state index contributed by atoms with van der Waals surface area (Å²) in [5.74, 6) is 0. The Labute approximate surface area is 89.2 Å². The first-order chi connectivity index (χ1) is 6.79. The summed E-state index contributed by atoms with van der Waals surface area (Å²) >= 11 is 6.01. The van der Waals surface area contributed by atoms with E-state index in [1.807, 2.05) is 11.7 Å². The highest BCUT2D eigenvalue weighted by Crippen LogP contribution is 2.15. The van der Waals surface area contributed by atoms with Crippen molar-refractivity contribution in [3.63, 3.8) is 0 Å². The molecule has 0 fully saturated rings. The number of nitrogens with one attached hydrogen (secondary N) is 1. The van der Waals surface area contributed by atoms with Crippen molar-refractivity contribution >= 4 is 11.6 Å². The van der Waals surface area contributed by atoms with Gasteiger partial charge in [-0.3, -0.25) is 4.68 Å². The number of ether oxygens (including phenoxy) is 1. The third kappa shape index (κ3) is 2.97. The van der Waals surface area contributed by atoms with Gasteiger partial charge in [0.25, 0.3) is 0 Å². The number of methoxy groups -OCH3 is 1. The van der Waals surface area contributed by atoms with Gasteiger partial charge in [-0.2, -0.15) is 5.10 Å². The average molecular weight is 218 g/mol. The van der Waals surface area contributed by atoms with Gasteiger partial charge in [-0.1, -0.05) is 11.6 Å². The van der Waals surface area contributed by atoms with Gasteiger partial charge in [0, 0.05) is 20.1 Å². The Morgan fingerprint density at radius 1 is 1.64 bits per heavy atom. The highest BCUT2D eigenvalue weighted by Gasteiger charge is 2.07. The molecule has 0 aromatic carbocycles. The quantitative estimate of drug-likeness (QED) is 0.771. The van der Waals surface area contributed by atoms with Crippen LogP contribution < -0.4 is 5.32 Å². The Hall–Kier alpha value is -0.580. The highest BCUT2D eigenvalue weighted by molar-refractivity contribution is 6.31. The molecule has 5 heteroatoms. The Bertz CT molecular complexity index is 275. The Morgan fingerprint density at radius 3 is 3.07 bits per heavy atom. The topological polar surface area (TPSA) is 39.1 Å². The number of halogens is 1. The van der Waals surface area contributed by atoms with E-state index in [1.54, 1.807) is 13.3 Å². The van der Waals surface area contributed by atoms with E-state index in [-0.39, 0.29) is 0 Å². The standard InChI is InChI=1S/C9H16ClN3O/c1-11-4-3-9-8(10)7-12-13(9)5-6-14-2/h7,11H,3-6H2,1-2H3. The molecule has 1 aromatic rings. The second-order valence-corrected chi connectivity index (χ2v) is 3.42. The molecule has 1 rings (SSSR count). The SMILES string of the molecule is CNCCc1c(Cl)cnn1CCOC. The fourth-order valence-electron chi connectivity index (χ4n) is 1.25. The predicted molar refractivity (Wildman–Crippen MR) is 56.7 cm³/mol. The van der Waals surface area contributed by atoms with Crippen molar-refractivity contribution in [1.82, 2.24) is 15.1 Å². The van der Waals surface area contributed by atoms with Gasteiger partial charge in [0.1, 0.15) is 0 Å². The summed E-state index contributed by atoms with van der Waals surface area (Å²) in [5.41, 5.74) is 1.07. The molecule has 0 atom stereocenters. The van der Waals surface area contributed by atoms with E-state index >= 15 is 0 Å². The molecule has 0 saturated heterocycles. The van der Waals surface area contributed by atoms with Crippen molar-refractivity contribution < 1.29 is 4.74 Å². The van der Waals surface area contributed by atoms with E-state index in [2.05, 4.69) is 10.4 Å². The summed E-state index contributed by atoms with van der Waals surface area (Å²) in [5, 5.41) is 8.00. The summed E-state index contributed by atoms with van der Waals surface area (Å²) in [6, 6.07) is 0. The zero-order valence-electron chi connectivity index (χ0n) is 8.59. The molecular formula is C9H16ClN3O. The summed E-state index contributed by atoms with van der Waals surface area (Å²) in [6.07, 6.45) is 2.57. The molecule has 14 heavy (non-hydrogen) atoms. The lowest BCUT2D eigenvalue weighted by atomic mass is 10.3. The predicted octanol–water partition coefficient (Wildman–Crippen LogP) is 0.945. The minimum atomic E-state index is 0.657. The molecule has 1 N–H and O–H groups in total. The molecule has 0 saturated carbocycles. The van der Waals surface area contributed by atoms with Crippen LogP contribution in [0.25, 0.3) is 0 Å². The number of hydrogen-bond donors (Lipinski definition) is 1. The molecule has 0 unspecified atom stereocenters. The van der Waals surface area contributed by atoms with Crippen LogP contribution in [0.15, 0.2) is 6.20 Å². The fourth-order valence-corrected chi connectivity index (χ4v) is 1.49. The molecule has 0 aliphatic carbocycles. The Kier molecular flexibility index (Phi) is 4.93. The van der Waals surface area contributed by atoms with E-state index in [0.29, 0.717) is 6.61 Å². The first-order valence-corrected chi connectivity index (χ1v) is 5.01. The van der Waals surface area contributed by atoms with Crippen LogP contribution in [0.1, 0.15) is 5.69 Å². The molecule has 0 aliphatic heterocycles. The van der Waals surface area contributed by atoms with Crippen molar-refractivity contribution in [2.75, 3.05) is 27.3 Å².